The van der Waals surface area contributed by atoms with Gasteiger partial charge in [-0.3, -0.25) is 9.59 Å². The number of benzene rings is 1. The Balaban J connectivity index is 1.90. The van der Waals surface area contributed by atoms with Gasteiger partial charge >= 0.3 is 0 Å². The van der Waals surface area contributed by atoms with Gasteiger partial charge in [-0.15, -0.1) is 0 Å². The minimum atomic E-state index is -3.73. The maximum Gasteiger partial charge on any atom is 0.259 e. The van der Waals surface area contributed by atoms with Gasteiger partial charge in [-0.25, -0.2) is 12.7 Å². The maximum absolute atomic E-state index is 12.6. The van der Waals surface area contributed by atoms with E-state index in [2.05, 4.69) is 5.32 Å². The van der Waals surface area contributed by atoms with Gasteiger partial charge in [-0.2, -0.15) is 11.8 Å². The second-order valence-electron chi connectivity index (χ2n) is 5.29. The Morgan fingerprint density at radius 3 is 2.68 bits per heavy atom. The molecule has 3 rings (SSSR count). The number of piperazine rings is 1. The Kier molecular flexibility index (Phi) is 4.14. The largest absolute Gasteiger partial charge is 0.342 e. The molecule has 118 valence electrons. The zero-order valence-corrected chi connectivity index (χ0v) is 13.4. The standard InChI is InChI=1S/C14H16N2O4S2/c17-13-12-9-21-6-7-22(19,20)16(12)14(18)11(15-13)8-10-4-2-1-3-5-10/h1-5,11-12H,6-9H2,(H,15,17)/t11-,12-/m0/s1. The smallest absolute Gasteiger partial charge is 0.259 e. The van der Waals surface area contributed by atoms with Crippen LogP contribution in [0.25, 0.3) is 0 Å². The van der Waals surface area contributed by atoms with Gasteiger partial charge < -0.3 is 5.32 Å². The average molecular weight is 340 g/mol. The van der Waals surface area contributed by atoms with Crippen molar-refractivity contribution in [2.24, 2.45) is 0 Å². The van der Waals surface area contributed by atoms with Crippen LogP contribution in [0.3, 0.4) is 0 Å². The number of nitrogens with one attached hydrogen (secondary N) is 1. The molecule has 1 aromatic carbocycles. The van der Waals surface area contributed by atoms with Crippen LogP contribution in [0, 0.1) is 0 Å². The third-order valence-corrected chi connectivity index (χ3v) is 6.82. The molecule has 0 saturated carbocycles. The van der Waals surface area contributed by atoms with Crippen molar-refractivity contribution in [3.05, 3.63) is 35.9 Å². The summed E-state index contributed by atoms with van der Waals surface area (Å²) in [6.07, 6.45) is 0.289. The molecule has 0 radical (unpaired) electrons. The molecule has 22 heavy (non-hydrogen) atoms. The molecule has 8 heteroatoms. The number of fused-ring (bicyclic) bond motifs is 1. The highest BCUT2D eigenvalue weighted by Gasteiger charge is 2.47. The van der Waals surface area contributed by atoms with E-state index >= 15 is 0 Å². The predicted octanol–water partition coefficient (Wildman–Crippen LogP) is 0.00130. The number of nitrogens with zero attached hydrogens (tertiary/aromatic N) is 1. The lowest BCUT2D eigenvalue weighted by Crippen LogP contribution is -2.65. The normalized spacial score (nSPS) is 27.7. The predicted molar refractivity (Wildman–Crippen MR) is 83.8 cm³/mol. The lowest BCUT2D eigenvalue weighted by molar-refractivity contribution is -0.142. The fourth-order valence-electron chi connectivity index (χ4n) is 2.66. The molecule has 2 atom stereocenters. The molecular weight excluding hydrogens is 324 g/mol. The van der Waals surface area contributed by atoms with E-state index < -0.39 is 33.9 Å². The SMILES string of the molecule is O=C1N[C@@H](Cc2ccccc2)C(=O)N2[C@H]1CSCCS2(=O)=O. The van der Waals surface area contributed by atoms with Gasteiger partial charge in [-0.05, 0) is 5.56 Å². The topological polar surface area (TPSA) is 83.6 Å². The van der Waals surface area contributed by atoms with Crippen LogP contribution < -0.4 is 5.32 Å². The Morgan fingerprint density at radius 2 is 1.95 bits per heavy atom. The van der Waals surface area contributed by atoms with Crippen molar-refractivity contribution in [3.8, 4) is 0 Å². The van der Waals surface area contributed by atoms with E-state index in [0.717, 1.165) is 9.87 Å². The van der Waals surface area contributed by atoms with Crippen molar-refractivity contribution in [2.45, 2.75) is 18.5 Å². The molecule has 2 amide bonds. The lowest BCUT2D eigenvalue weighted by atomic mass is 10.0. The molecule has 2 saturated heterocycles. The Labute approximate surface area is 133 Å². The van der Waals surface area contributed by atoms with E-state index in [0.29, 0.717) is 11.5 Å². The Bertz CT molecular complexity index is 690. The van der Waals surface area contributed by atoms with Crippen LogP contribution in [0.2, 0.25) is 0 Å². The number of hydrogen-bond donors (Lipinski definition) is 1. The van der Waals surface area contributed by atoms with E-state index in [-0.39, 0.29) is 12.2 Å². The van der Waals surface area contributed by atoms with Crippen LogP contribution in [0.5, 0.6) is 0 Å². The third kappa shape index (κ3) is 2.85. The number of rotatable bonds is 2. The van der Waals surface area contributed by atoms with E-state index in [1.807, 2.05) is 30.3 Å². The lowest BCUT2D eigenvalue weighted by Gasteiger charge is -2.36. The highest BCUT2D eigenvalue weighted by molar-refractivity contribution is 8.01. The number of hydrogen-bond acceptors (Lipinski definition) is 5. The van der Waals surface area contributed by atoms with Crippen molar-refractivity contribution in [3.63, 3.8) is 0 Å². The van der Waals surface area contributed by atoms with Gasteiger partial charge in [0.1, 0.15) is 12.1 Å². The molecule has 0 aromatic heterocycles. The quantitative estimate of drug-likeness (QED) is 0.819. The summed E-state index contributed by atoms with van der Waals surface area (Å²) >= 11 is 1.38. The van der Waals surface area contributed by atoms with E-state index in [9.17, 15) is 18.0 Å². The third-order valence-electron chi connectivity index (χ3n) is 3.76. The van der Waals surface area contributed by atoms with Crippen LogP contribution in [-0.4, -0.2) is 53.9 Å². The van der Waals surface area contributed by atoms with Crippen molar-refractivity contribution in [2.75, 3.05) is 17.3 Å². The number of thioether (sulfide) groups is 1. The molecule has 1 N–H and O–H groups in total. The summed E-state index contributed by atoms with van der Waals surface area (Å²) in [5, 5.41) is 2.67. The highest BCUT2D eigenvalue weighted by atomic mass is 32.2. The van der Waals surface area contributed by atoms with Crippen LogP contribution in [0.15, 0.2) is 30.3 Å². The van der Waals surface area contributed by atoms with Crippen LogP contribution >= 0.6 is 11.8 Å². The van der Waals surface area contributed by atoms with E-state index in [1.54, 1.807) is 0 Å². The van der Waals surface area contributed by atoms with Gasteiger partial charge in [-0.1, -0.05) is 30.3 Å². The van der Waals surface area contributed by atoms with Gasteiger partial charge in [0.15, 0.2) is 0 Å². The summed E-state index contributed by atoms with van der Waals surface area (Å²) in [6.45, 7) is 0. The molecule has 0 unspecified atom stereocenters. The summed E-state index contributed by atoms with van der Waals surface area (Å²) < 4.78 is 25.4. The number of amides is 2. The zero-order chi connectivity index (χ0) is 15.7. The second-order valence-corrected chi connectivity index (χ2v) is 8.41. The van der Waals surface area contributed by atoms with E-state index in [4.69, 9.17) is 0 Å². The second kappa shape index (κ2) is 5.92. The first kappa shape index (κ1) is 15.4. The fraction of sp³-hybridized carbons (Fsp3) is 0.429. The minimum absolute atomic E-state index is 0.106. The molecule has 2 aliphatic heterocycles. The molecule has 6 nitrogen and oxygen atoms in total. The molecular formula is C14H16N2O4S2. The molecule has 0 bridgehead atoms. The van der Waals surface area contributed by atoms with Gasteiger partial charge in [0.05, 0.1) is 5.75 Å². The number of carbonyl (C=O) groups is 2. The molecule has 1 aromatic rings. The van der Waals surface area contributed by atoms with Gasteiger partial charge in [0.25, 0.3) is 5.91 Å². The van der Waals surface area contributed by atoms with Crippen LogP contribution in [-0.2, 0) is 26.0 Å². The molecule has 0 spiro atoms. The molecule has 2 heterocycles. The molecule has 0 aliphatic carbocycles. The Morgan fingerprint density at radius 1 is 1.23 bits per heavy atom. The minimum Gasteiger partial charge on any atom is -0.342 e. The summed E-state index contributed by atoms with van der Waals surface area (Å²) in [7, 11) is -3.73. The Hall–Kier alpha value is -1.54. The summed E-state index contributed by atoms with van der Waals surface area (Å²) in [5.74, 6) is -0.311. The monoisotopic (exact) mass is 340 g/mol. The van der Waals surface area contributed by atoms with Crippen molar-refractivity contribution in [1.29, 1.82) is 0 Å². The van der Waals surface area contributed by atoms with Gasteiger partial charge in [0, 0.05) is 17.9 Å². The summed E-state index contributed by atoms with van der Waals surface area (Å²) in [4.78, 5) is 24.8. The fourth-order valence-corrected chi connectivity index (χ4v) is 5.92. The van der Waals surface area contributed by atoms with Crippen LogP contribution in [0.1, 0.15) is 5.56 Å². The first-order chi connectivity index (χ1) is 10.5. The van der Waals surface area contributed by atoms with Crippen LogP contribution in [0.4, 0.5) is 0 Å². The zero-order valence-electron chi connectivity index (χ0n) is 11.8. The highest BCUT2D eigenvalue weighted by Crippen LogP contribution is 2.24. The first-order valence-electron chi connectivity index (χ1n) is 6.97. The first-order valence-corrected chi connectivity index (χ1v) is 9.73. The van der Waals surface area contributed by atoms with Gasteiger partial charge in [0.2, 0.25) is 15.9 Å². The van der Waals surface area contributed by atoms with E-state index in [1.165, 1.54) is 11.8 Å². The van der Waals surface area contributed by atoms with Crippen molar-refractivity contribution < 1.29 is 18.0 Å². The maximum atomic E-state index is 12.6. The van der Waals surface area contributed by atoms with Crippen molar-refractivity contribution >= 4 is 33.6 Å². The summed E-state index contributed by atoms with van der Waals surface area (Å²) in [6, 6.07) is 7.48. The van der Waals surface area contributed by atoms with Crippen molar-refractivity contribution in [1.82, 2.24) is 9.62 Å². The summed E-state index contributed by atoms with van der Waals surface area (Å²) in [5.41, 5.74) is 0.876. The average Bonchev–Trinajstić information content (AvgIpc) is 2.64. The number of sulfonamides is 1. The number of carbonyl (C=O) groups excluding carboxylic acids is 2. The molecule has 2 fully saturated rings. The molecule has 2 aliphatic rings.